The maximum Gasteiger partial charge on any atom is 0.342 e. The normalized spacial score (nSPS) is 10.0. The van der Waals surface area contributed by atoms with E-state index in [0.717, 1.165) is 0 Å². The van der Waals surface area contributed by atoms with Crippen molar-refractivity contribution in [1.29, 1.82) is 0 Å². The summed E-state index contributed by atoms with van der Waals surface area (Å²) in [7, 11) is 4.36. The standard InChI is InChI=1S/C17H17NO7/c1-22-14-9-16(24-3)15(23-2)8-13(14)17(19)25-10-11-4-6-12(7-5-11)18(20)21/h4-9H,10H2,1-3H3. The summed E-state index contributed by atoms with van der Waals surface area (Å²) in [6.45, 7) is -0.0334. The zero-order chi connectivity index (χ0) is 18.4. The summed E-state index contributed by atoms with van der Waals surface area (Å²) in [6, 6.07) is 8.74. The molecule has 0 saturated heterocycles. The molecule has 2 aromatic carbocycles. The number of methoxy groups -OCH3 is 3. The van der Waals surface area contributed by atoms with E-state index in [1.165, 1.54) is 57.7 Å². The molecule has 0 aliphatic carbocycles. The van der Waals surface area contributed by atoms with Crippen LogP contribution in [0.5, 0.6) is 17.2 Å². The SMILES string of the molecule is COc1cc(OC)c(C(=O)OCc2ccc([N+](=O)[O-])cc2)cc1OC. The second-order valence-electron chi connectivity index (χ2n) is 4.91. The predicted molar refractivity (Wildman–Crippen MR) is 88.3 cm³/mol. The van der Waals surface area contributed by atoms with Gasteiger partial charge in [0.25, 0.3) is 5.69 Å². The van der Waals surface area contributed by atoms with E-state index in [1.54, 1.807) is 0 Å². The molecule has 8 heteroatoms. The van der Waals surface area contributed by atoms with E-state index >= 15 is 0 Å². The number of nitro benzene ring substituents is 1. The van der Waals surface area contributed by atoms with E-state index in [9.17, 15) is 14.9 Å². The topological polar surface area (TPSA) is 97.1 Å². The Balaban J connectivity index is 2.15. The minimum atomic E-state index is -0.615. The Kier molecular flexibility index (Phi) is 5.78. The van der Waals surface area contributed by atoms with Crippen LogP contribution < -0.4 is 14.2 Å². The molecule has 0 radical (unpaired) electrons. The van der Waals surface area contributed by atoms with E-state index < -0.39 is 10.9 Å². The van der Waals surface area contributed by atoms with Crippen molar-refractivity contribution in [3.8, 4) is 17.2 Å². The summed E-state index contributed by atoms with van der Waals surface area (Å²) < 4.78 is 20.8. The van der Waals surface area contributed by atoms with Crippen molar-refractivity contribution in [2.75, 3.05) is 21.3 Å². The maximum absolute atomic E-state index is 12.3. The van der Waals surface area contributed by atoms with Gasteiger partial charge in [-0.1, -0.05) is 0 Å². The number of esters is 1. The number of benzene rings is 2. The second kappa shape index (κ2) is 8.00. The molecule has 0 spiro atoms. The third kappa shape index (κ3) is 4.17. The second-order valence-corrected chi connectivity index (χ2v) is 4.91. The Morgan fingerprint density at radius 2 is 1.52 bits per heavy atom. The van der Waals surface area contributed by atoms with Gasteiger partial charge in [-0.3, -0.25) is 10.1 Å². The van der Waals surface area contributed by atoms with Crippen molar-refractivity contribution in [1.82, 2.24) is 0 Å². The third-order valence-electron chi connectivity index (χ3n) is 3.44. The minimum absolute atomic E-state index is 0.0309. The lowest BCUT2D eigenvalue weighted by Gasteiger charge is -2.13. The highest BCUT2D eigenvalue weighted by Gasteiger charge is 2.19. The smallest absolute Gasteiger partial charge is 0.342 e. The molecule has 2 rings (SSSR count). The van der Waals surface area contributed by atoms with Crippen molar-refractivity contribution in [3.63, 3.8) is 0 Å². The van der Waals surface area contributed by atoms with Crippen molar-refractivity contribution in [3.05, 3.63) is 57.6 Å². The molecule has 0 bridgehead atoms. The van der Waals surface area contributed by atoms with Crippen LogP contribution in [0.25, 0.3) is 0 Å². The lowest BCUT2D eigenvalue weighted by atomic mass is 10.1. The number of non-ortho nitro benzene ring substituents is 1. The fourth-order valence-corrected chi connectivity index (χ4v) is 2.13. The van der Waals surface area contributed by atoms with E-state index in [0.29, 0.717) is 17.1 Å². The molecule has 8 nitrogen and oxygen atoms in total. The van der Waals surface area contributed by atoms with E-state index in [2.05, 4.69) is 0 Å². The fourth-order valence-electron chi connectivity index (χ4n) is 2.13. The van der Waals surface area contributed by atoms with Gasteiger partial charge < -0.3 is 18.9 Å². The van der Waals surface area contributed by atoms with Crippen LogP contribution in [0.2, 0.25) is 0 Å². The molecular weight excluding hydrogens is 330 g/mol. The molecule has 0 aliphatic rings. The summed E-state index contributed by atoms with van der Waals surface area (Å²) in [5.41, 5.74) is 0.775. The molecular formula is C17H17NO7. The molecule has 0 amide bonds. The number of nitrogens with zero attached hydrogens (tertiary/aromatic N) is 1. The molecule has 0 aliphatic heterocycles. The Bertz CT molecular complexity index is 771. The van der Waals surface area contributed by atoms with Gasteiger partial charge in [0.15, 0.2) is 11.5 Å². The van der Waals surface area contributed by atoms with E-state index in [4.69, 9.17) is 18.9 Å². The highest BCUT2D eigenvalue weighted by atomic mass is 16.6. The number of carbonyl (C=O) groups is 1. The van der Waals surface area contributed by atoms with Crippen LogP contribution in [-0.4, -0.2) is 32.2 Å². The van der Waals surface area contributed by atoms with Crippen LogP contribution in [0.1, 0.15) is 15.9 Å². The van der Waals surface area contributed by atoms with Crippen LogP contribution in [0.15, 0.2) is 36.4 Å². The van der Waals surface area contributed by atoms with Gasteiger partial charge in [-0.05, 0) is 17.7 Å². The lowest BCUT2D eigenvalue weighted by molar-refractivity contribution is -0.384. The average molecular weight is 347 g/mol. The molecule has 0 N–H and O–H groups in total. The first-order chi connectivity index (χ1) is 12.0. The van der Waals surface area contributed by atoms with Crippen molar-refractivity contribution in [2.24, 2.45) is 0 Å². The van der Waals surface area contributed by atoms with Gasteiger partial charge in [0.1, 0.15) is 17.9 Å². The highest BCUT2D eigenvalue weighted by molar-refractivity contribution is 5.93. The van der Waals surface area contributed by atoms with Gasteiger partial charge in [-0.15, -0.1) is 0 Å². The van der Waals surface area contributed by atoms with Gasteiger partial charge in [-0.25, -0.2) is 4.79 Å². The molecule has 2 aromatic rings. The molecule has 132 valence electrons. The number of ether oxygens (including phenoxy) is 4. The van der Waals surface area contributed by atoms with Crippen LogP contribution >= 0.6 is 0 Å². The first kappa shape index (κ1) is 18.1. The maximum atomic E-state index is 12.3. The third-order valence-corrected chi connectivity index (χ3v) is 3.44. The summed E-state index contributed by atoms with van der Waals surface area (Å²) in [6.07, 6.45) is 0. The fraction of sp³-hybridized carbons (Fsp3) is 0.235. The van der Waals surface area contributed by atoms with Crippen LogP contribution in [0, 0.1) is 10.1 Å². The highest BCUT2D eigenvalue weighted by Crippen LogP contribution is 2.35. The van der Waals surface area contributed by atoms with Crippen molar-refractivity contribution < 1.29 is 28.7 Å². The Morgan fingerprint density at radius 3 is 2.04 bits per heavy atom. The number of rotatable bonds is 7. The first-order valence-electron chi connectivity index (χ1n) is 7.20. The molecule has 0 unspecified atom stereocenters. The van der Waals surface area contributed by atoms with Crippen molar-refractivity contribution in [2.45, 2.75) is 6.61 Å². The summed E-state index contributed by atoms with van der Waals surface area (Å²) in [5, 5.41) is 10.6. The largest absolute Gasteiger partial charge is 0.496 e. The van der Waals surface area contributed by atoms with Gasteiger partial charge in [0, 0.05) is 24.3 Å². The van der Waals surface area contributed by atoms with Gasteiger partial charge >= 0.3 is 5.97 Å². The molecule has 0 atom stereocenters. The number of nitro groups is 1. The van der Waals surface area contributed by atoms with Crippen molar-refractivity contribution >= 4 is 11.7 Å². The molecule has 0 heterocycles. The quantitative estimate of drug-likeness (QED) is 0.431. The first-order valence-corrected chi connectivity index (χ1v) is 7.20. The Morgan fingerprint density at radius 1 is 0.960 bits per heavy atom. The monoisotopic (exact) mass is 347 g/mol. The number of carbonyl (C=O) groups excluding carboxylic acids is 1. The van der Waals surface area contributed by atoms with Crippen LogP contribution in [0.3, 0.4) is 0 Å². The summed E-state index contributed by atoms with van der Waals surface area (Å²) >= 11 is 0. The molecule has 25 heavy (non-hydrogen) atoms. The summed E-state index contributed by atoms with van der Waals surface area (Å²) in [5.74, 6) is 0.458. The lowest BCUT2D eigenvalue weighted by Crippen LogP contribution is -2.08. The van der Waals surface area contributed by atoms with Crippen LogP contribution in [-0.2, 0) is 11.3 Å². The van der Waals surface area contributed by atoms with Gasteiger partial charge in [0.2, 0.25) is 0 Å². The summed E-state index contributed by atoms with van der Waals surface area (Å²) in [4.78, 5) is 22.5. The average Bonchev–Trinajstić information content (AvgIpc) is 2.65. The number of hydrogen-bond acceptors (Lipinski definition) is 7. The predicted octanol–water partition coefficient (Wildman–Crippen LogP) is 2.98. The molecule has 0 aromatic heterocycles. The van der Waals surface area contributed by atoms with E-state index in [1.807, 2.05) is 0 Å². The minimum Gasteiger partial charge on any atom is -0.496 e. The van der Waals surface area contributed by atoms with E-state index in [-0.39, 0.29) is 23.6 Å². The Labute approximate surface area is 144 Å². The van der Waals surface area contributed by atoms with Gasteiger partial charge in [-0.2, -0.15) is 0 Å². The van der Waals surface area contributed by atoms with Gasteiger partial charge in [0.05, 0.1) is 26.3 Å². The van der Waals surface area contributed by atoms with Crippen LogP contribution in [0.4, 0.5) is 5.69 Å². The number of hydrogen-bond donors (Lipinski definition) is 0. The molecule has 0 fully saturated rings. The zero-order valence-electron chi connectivity index (χ0n) is 14.0. The Hall–Kier alpha value is -3.29. The zero-order valence-corrected chi connectivity index (χ0v) is 14.0. The molecule has 0 saturated carbocycles.